The summed E-state index contributed by atoms with van der Waals surface area (Å²) >= 11 is 1.21. The van der Waals surface area contributed by atoms with Gasteiger partial charge in [0.05, 0.1) is 10.2 Å². The fourth-order valence-corrected chi connectivity index (χ4v) is 2.33. The molecular weight excluding hydrogens is 196 g/mol. The van der Waals surface area contributed by atoms with Gasteiger partial charge in [-0.15, -0.1) is 6.58 Å². The molecule has 0 amide bonds. The van der Waals surface area contributed by atoms with Crippen LogP contribution in [-0.4, -0.2) is 4.57 Å². The van der Waals surface area contributed by atoms with Gasteiger partial charge in [0.1, 0.15) is 0 Å². The van der Waals surface area contributed by atoms with Crippen LogP contribution in [0.3, 0.4) is 0 Å². The first-order valence-electron chi connectivity index (χ1n) is 4.22. The van der Waals surface area contributed by atoms with Crippen LogP contribution in [0.5, 0.6) is 0 Å². The van der Waals surface area contributed by atoms with Crippen LogP contribution in [0.1, 0.15) is 0 Å². The summed E-state index contributed by atoms with van der Waals surface area (Å²) in [6, 6.07) is 5.49. The van der Waals surface area contributed by atoms with Gasteiger partial charge < -0.3 is 5.73 Å². The third kappa shape index (κ3) is 1.33. The molecule has 0 spiro atoms. The third-order valence-corrected chi connectivity index (χ3v) is 2.95. The lowest BCUT2D eigenvalue weighted by molar-refractivity contribution is 0.842. The molecule has 14 heavy (non-hydrogen) atoms. The number of anilines is 1. The molecule has 3 nitrogen and oxygen atoms in total. The highest BCUT2D eigenvalue weighted by molar-refractivity contribution is 7.16. The smallest absolute Gasteiger partial charge is 0.308 e. The molecule has 0 saturated carbocycles. The topological polar surface area (TPSA) is 48.0 Å². The van der Waals surface area contributed by atoms with Gasteiger partial charge in [-0.1, -0.05) is 17.4 Å². The second-order valence-corrected chi connectivity index (χ2v) is 3.99. The fraction of sp³-hybridized carbons (Fsp3) is 0.100. The molecule has 0 aliphatic heterocycles. The number of aromatic nitrogens is 1. The molecule has 0 bridgehead atoms. The van der Waals surface area contributed by atoms with Crippen molar-refractivity contribution in [2.75, 3.05) is 5.73 Å². The Labute approximate surface area is 85.1 Å². The number of hydrogen-bond acceptors (Lipinski definition) is 3. The molecule has 0 saturated heterocycles. The van der Waals surface area contributed by atoms with Crippen LogP contribution in [0, 0.1) is 0 Å². The van der Waals surface area contributed by atoms with Gasteiger partial charge in [-0.2, -0.15) is 0 Å². The molecular formula is C10H10N2OS. The van der Waals surface area contributed by atoms with Gasteiger partial charge in [-0.3, -0.25) is 9.36 Å². The van der Waals surface area contributed by atoms with Crippen LogP contribution < -0.4 is 10.6 Å². The molecule has 0 fully saturated rings. The average Bonchev–Trinajstić information content (AvgIpc) is 2.43. The normalized spacial score (nSPS) is 10.6. The Morgan fingerprint density at radius 2 is 2.36 bits per heavy atom. The predicted molar refractivity (Wildman–Crippen MR) is 60.7 cm³/mol. The van der Waals surface area contributed by atoms with Crippen LogP contribution in [0.25, 0.3) is 10.2 Å². The van der Waals surface area contributed by atoms with Crippen molar-refractivity contribution >= 4 is 27.2 Å². The molecule has 0 radical (unpaired) electrons. The fourth-order valence-electron chi connectivity index (χ4n) is 1.38. The zero-order valence-electron chi connectivity index (χ0n) is 7.56. The largest absolute Gasteiger partial charge is 0.399 e. The van der Waals surface area contributed by atoms with Crippen molar-refractivity contribution in [3.63, 3.8) is 0 Å². The number of nitrogens with two attached hydrogens (primary N) is 1. The second kappa shape index (κ2) is 3.31. The Morgan fingerprint density at radius 3 is 3.07 bits per heavy atom. The minimum absolute atomic E-state index is 0.0329. The first-order valence-corrected chi connectivity index (χ1v) is 5.04. The van der Waals surface area contributed by atoms with Crippen molar-refractivity contribution in [2.45, 2.75) is 6.54 Å². The summed E-state index contributed by atoms with van der Waals surface area (Å²) in [7, 11) is 0. The van der Waals surface area contributed by atoms with E-state index < -0.39 is 0 Å². The number of nitrogen functional groups attached to an aromatic ring is 1. The third-order valence-electron chi connectivity index (χ3n) is 2.00. The SMILES string of the molecule is C=CCn1c(=O)sc2cc(N)ccc21. The van der Waals surface area contributed by atoms with Crippen molar-refractivity contribution in [3.05, 3.63) is 40.5 Å². The molecule has 2 rings (SSSR count). The average molecular weight is 206 g/mol. The van der Waals surface area contributed by atoms with Gasteiger partial charge in [0.2, 0.25) is 0 Å². The highest BCUT2D eigenvalue weighted by Crippen LogP contribution is 2.19. The van der Waals surface area contributed by atoms with E-state index in [9.17, 15) is 4.79 Å². The summed E-state index contributed by atoms with van der Waals surface area (Å²) in [6.45, 7) is 4.17. The van der Waals surface area contributed by atoms with Gasteiger partial charge in [0.15, 0.2) is 0 Å². The van der Waals surface area contributed by atoms with Crippen molar-refractivity contribution in [3.8, 4) is 0 Å². The molecule has 4 heteroatoms. The number of rotatable bonds is 2. The second-order valence-electron chi connectivity index (χ2n) is 2.99. The van der Waals surface area contributed by atoms with Crippen LogP contribution in [-0.2, 0) is 6.54 Å². The van der Waals surface area contributed by atoms with E-state index in [0.29, 0.717) is 12.2 Å². The van der Waals surface area contributed by atoms with E-state index in [-0.39, 0.29) is 4.87 Å². The molecule has 1 aromatic carbocycles. The van der Waals surface area contributed by atoms with Crippen molar-refractivity contribution in [1.82, 2.24) is 4.57 Å². The zero-order chi connectivity index (χ0) is 10.1. The summed E-state index contributed by atoms with van der Waals surface area (Å²) in [5, 5.41) is 0. The summed E-state index contributed by atoms with van der Waals surface area (Å²) in [4.78, 5) is 11.6. The molecule has 2 N–H and O–H groups in total. The Morgan fingerprint density at radius 1 is 1.57 bits per heavy atom. The van der Waals surface area contributed by atoms with E-state index in [2.05, 4.69) is 6.58 Å². The maximum absolute atomic E-state index is 11.5. The lowest BCUT2D eigenvalue weighted by Crippen LogP contribution is -2.10. The van der Waals surface area contributed by atoms with E-state index in [1.165, 1.54) is 11.3 Å². The molecule has 2 aromatic rings. The van der Waals surface area contributed by atoms with Crippen molar-refractivity contribution in [1.29, 1.82) is 0 Å². The lowest BCUT2D eigenvalue weighted by Gasteiger charge is -1.98. The number of nitrogens with zero attached hydrogens (tertiary/aromatic N) is 1. The Balaban J connectivity index is 2.76. The van der Waals surface area contributed by atoms with Crippen LogP contribution >= 0.6 is 11.3 Å². The predicted octanol–water partition coefficient (Wildman–Crippen LogP) is 1.83. The first kappa shape index (κ1) is 9.02. The Kier molecular flexibility index (Phi) is 2.13. The van der Waals surface area contributed by atoms with E-state index >= 15 is 0 Å². The minimum Gasteiger partial charge on any atom is -0.399 e. The zero-order valence-corrected chi connectivity index (χ0v) is 8.38. The quantitative estimate of drug-likeness (QED) is 0.602. The minimum atomic E-state index is 0.0329. The first-order chi connectivity index (χ1) is 6.72. The number of allylic oxidation sites excluding steroid dienone is 1. The van der Waals surface area contributed by atoms with E-state index in [1.807, 2.05) is 12.1 Å². The number of thiazole rings is 1. The molecule has 0 atom stereocenters. The van der Waals surface area contributed by atoms with Crippen molar-refractivity contribution in [2.24, 2.45) is 0 Å². The van der Waals surface area contributed by atoms with Gasteiger partial charge in [0.25, 0.3) is 0 Å². The summed E-state index contributed by atoms with van der Waals surface area (Å²) in [6.07, 6.45) is 1.71. The maximum atomic E-state index is 11.5. The van der Waals surface area contributed by atoms with Gasteiger partial charge in [-0.05, 0) is 18.2 Å². The van der Waals surface area contributed by atoms with Crippen LogP contribution in [0.2, 0.25) is 0 Å². The number of hydrogen-bond donors (Lipinski definition) is 1. The maximum Gasteiger partial charge on any atom is 0.308 e. The number of fused-ring (bicyclic) bond motifs is 1. The highest BCUT2D eigenvalue weighted by atomic mass is 32.1. The lowest BCUT2D eigenvalue weighted by atomic mass is 10.3. The summed E-state index contributed by atoms with van der Waals surface area (Å²) in [5.41, 5.74) is 7.24. The van der Waals surface area contributed by atoms with E-state index in [1.54, 1.807) is 16.7 Å². The molecule has 0 unspecified atom stereocenters. The summed E-state index contributed by atoms with van der Waals surface area (Å²) < 4.78 is 2.61. The van der Waals surface area contributed by atoms with Gasteiger partial charge in [-0.25, -0.2) is 0 Å². The Bertz CT molecular complexity index is 539. The molecule has 72 valence electrons. The van der Waals surface area contributed by atoms with Gasteiger partial charge in [0, 0.05) is 12.2 Å². The molecule has 1 aromatic heterocycles. The molecule has 1 heterocycles. The van der Waals surface area contributed by atoms with Crippen LogP contribution in [0.15, 0.2) is 35.6 Å². The van der Waals surface area contributed by atoms with E-state index in [0.717, 1.165) is 10.2 Å². The molecule has 0 aliphatic rings. The Hall–Kier alpha value is -1.55. The standard InChI is InChI=1S/C10H10N2OS/c1-2-5-12-8-4-3-7(11)6-9(8)14-10(12)13/h2-4,6H,1,5,11H2. The monoisotopic (exact) mass is 206 g/mol. The summed E-state index contributed by atoms with van der Waals surface area (Å²) in [5.74, 6) is 0. The van der Waals surface area contributed by atoms with E-state index in [4.69, 9.17) is 5.73 Å². The van der Waals surface area contributed by atoms with Crippen LogP contribution in [0.4, 0.5) is 5.69 Å². The highest BCUT2D eigenvalue weighted by Gasteiger charge is 2.05. The molecule has 0 aliphatic carbocycles. The number of benzene rings is 1. The van der Waals surface area contributed by atoms with Gasteiger partial charge >= 0.3 is 4.87 Å². The van der Waals surface area contributed by atoms with Crippen molar-refractivity contribution < 1.29 is 0 Å².